The van der Waals surface area contributed by atoms with E-state index in [0.717, 1.165) is 16.4 Å². The van der Waals surface area contributed by atoms with Crippen LogP contribution in [-0.4, -0.2) is 21.9 Å². The van der Waals surface area contributed by atoms with Gasteiger partial charge < -0.3 is 0 Å². The Balaban J connectivity index is 1.79. The van der Waals surface area contributed by atoms with Gasteiger partial charge in [0.2, 0.25) is 0 Å². The van der Waals surface area contributed by atoms with Gasteiger partial charge in [0, 0.05) is 19.5 Å². The molecule has 1 aromatic heterocycles. The average molecular weight is 382 g/mol. The molecule has 0 bridgehead atoms. The maximum Gasteiger partial charge on any atom is 0.292 e. The topological polar surface area (TPSA) is 59.3 Å². The lowest BCUT2D eigenvalue weighted by Gasteiger charge is -1.97. The monoisotopic (exact) mass is 382 g/mol. The van der Waals surface area contributed by atoms with Crippen LogP contribution in [0.1, 0.15) is 22.5 Å². The number of nitrogens with one attached hydrogen (secondary N) is 1. The highest BCUT2D eigenvalue weighted by Crippen LogP contribution is 2.08. The minimum atomic E-state index is -0.286. The molecule has 0 atom stereocenters. The number of halogens is 1. The molecule has 1 amide bonds. The standard InChI is InChI=1S/C14H15IN4O/c1-19-10-12(15)13(18-19)14(20)17-16-9-5-8-11-6-3-2-4-7-11/h2-4,6-7,9-10H,5,8H2,1H3,(H,17,20). The lowest BCUT2D eigenvalue weighted by atomic mass is 10.1. The number of rotatable bonds is 5. The summed E-state index contributed by atoms with van der Waals surface area (Å²) in [5.41, 5.74) is 4.14. The van der Waals surface area contributed by atoms with E-state index >= 15 is 0 Å². The molecule has 0 aliphatic heterocycles. The van der Waals surface area contributed by atoms with Crippen molar-refractivity contribution in [2.45, 2.75) is 12.8 Å². The third-order valence-corrected chi connectivity index (χ3v) is 3.45. The van der Waals surface area contributed by atoms with Crippen LogP contribution in [0, 0.1) is 3.57 Å². The van der Waals surface area contributed by atoms with Gasteiger partial charge in [-0.25, -0.2) is 5.43 Å². The first-order chi connectivity index (χ1) is 9.66. The van der Waals surface area contributed by atoms with E-state index < -0.39 is 0 Å². The number of hydrogen-bond donors (Lipinski definition) is 1. The largest absolute Gasteiger partial charge is 0.292 e. The summed E-state index contributed by atoms with van der Waals surface area (Å²) in [4.78, 5) is 11.8. The molecular weight excluding hydrogens is 367 g/mol. The Bertz CT molecular complexity index is 607. The summed E-state index contributed by atoms with van der Waals surface area (Å²) < 4.78 is 2.41. The molecule has 1 heterocycles. The molecule has 0 spiro atoms. The number of aryl methyl sites for hydroxylation is 2. The summed E-state index contributed by atoms with van der Waals surface area (Å²) in [5, 5.41) is 8.02. The predicted molar refractivity (Wildman–Crippen MR) is 86.6 cm³/mol. The zero-order valence-electron chi connectivity index (χ0n) is 11.1. The molecule has 0 aliphatic carbocycles. The molecule has 1 N–H and O–H groups in total. The van der Waals surface area contributed by atoms with Crippen molar-refractivity contribution in [2.24, 2.45) is 12.1 Å². The van der Waals surface area contributed by atoms with Gasteiger partial charge in [0.25, 0.3) is 5.91 Å². The summed E-state index contributed by atoms with van der Waals surface area (Å²) in [6.07, 6.45) is 5.18. The van der Waals surface area contributed by atoms with Crippen molar-refractivity contribution >= 4 is 34.7 Å². The smallest absolute Gasteiger partial charge is 0.274 e. The second-order valence-corrected chi connectivity index (χ2v) is 5.44. The van der Waals surface area contributed by atoms with Gasteiger partial charge in [0.05, 0.1) is 3.57 Å². The lowest BCUT2D eigenvalue weighted by Crippen LogP contribution is -2.19. The van der Waals surface area contributed by atoms with Crippen molar-refractivity contribution < 1.29 is 4.79 Å². The summed E-state index contributed by atoms with van der Waals surface area (Å²) >= 11 is 2.08. The fourth-order valence-electron chi connectivity index (χ4n) is 1.71. The number of benzene rings is 1. The Kier molecular flexibility index (Phi) is 5.28. The first-order valence-electron chi connectivity index (χ1n) is 6.22. The molecule has 5 nitrogen and oxygen atoms in total. The predicted octanol–water partition coefficient (Wildman–Crippen LogP) is 2.37. The number of aromatic nitrogens is 2. The van der Waals surface area contributed by atoms with Crippen molar-refractivity contribution in [2.75, 3.05) is 0 Å². The fourth-order valence-corrected chi connectivity index (χ4v) is 2.47. The van der Waals surface area contributed by atoms with Crippen LogP contribution in [-0.2, 0) is 13.5 Å². The van der Waals surface area contributed by atoms with Crippen LogP contribution in [0.25, 0.3) is 0 Å². The number of nitrogens with zero attached hydrogens (tertiary/aromatic N) is 3. The zero-order valence-corrected chi connectivity index (χ0v) is 13.2. The van der Waals surface area contributed by atoms with E-state index in [1.165, 1.54) is 5.56 Å². The van der Waals surface area contributed by atoms with Gasteiger partial charge in [0.15, 0.2) is 5.69 Å². The third kappa shape index (κ3) is 4.16. The van der Waals surface area contributed by atoms with Crippen molar-refractivity contribution in [3.63, 3.8) is 0 Å². The van der Waals surface area contributed by atoms with Crippen molar-refractivity contribution in [3.05, 3.63) is 51.4 Å². The van der Waals surface area contributed by atoms with Gasteiger partial charge in [-0.2, -0.15) is 10.2 Å². The highest BCUT2D eigenvalue weighted by molar-refractivity contribution is 14.1. The Morgan fingerprint density at radius 2 is 2.20 bits per heavy atom. The molecule has 2 aromatic rings. The summed E-state index contributed by atoms with van der Waals surface area (Å²) in [7, 11) is 1.78. The van der Waals surface area contributed by atoms with Crippen LogP contribution in [0.4, 0.5) is 0 Å². The van der Waals surface area contributed by atoms with Crippen LogP contribution in [0.2, 0.25) is 0 Å². The SMILES string of the molecule is Cn1cc(I)c(C(=O)NN=CCCc2ccccc2)n1. The van der Waals surface area contributed by atoms with E-state index in [-0.39, 0.29) is 5.91 Å². The van der Waals surface area contributed by atoms with E-state index in [4.69, 9.17) is 0 Å². The highest BCUT2D eigenvalue weighted by Gasteiger charge is 2.12. The quantitative estimate of drug-likeness (QED) is 0.491. The Hall–Kier alpha value is -1.70. The van der Waals surface area contributed by atoms with Crippen molar-refractivity contribution in [3.8, 4) is 0 Å². The first kappa shape index (κ1) is 14.7. The van der Waals surface area contributed by atoms with E-state index in [0.29, 0.717) is 5.69 Å². The van der Waals surface area contributed by atoms with Gasteiger partial charge >= 0.3 is 0 Å². The zero-order chi connectivity index (χ0) is 14.4. The highest BCUT2D eigenvalue weighted by atomic mass is 127. The second kappa shape index (κ2) is 7.18. The van der Waals surface area contributed by atoms with E-state index in [1.54, 1.807) is 24.1 Å². The molecule has 20 heavy (non-hydrogen) atoms. The van der Waals surface area contributed by atoms with Crippen LogP contribution >= 0.6 is 22.6 Å². The van der Waals surface area contributed by atoms with Crippen LogP contribution < -0.4 is 5.43 Å². The molecule has 0 aliphatic rings. The summed E-state index contributed by atoms with van der Waals surface area (Å²) in [6.45, 7) is 0. The molecule has 0 saturated heterocycles. The molecule has 104 valence electrons. The molecule has 0 fully saturated rings. The van der Waals surface area contributed by atoms with Gasteiger partial charge in [-0.15, -0.1) is 0 Å². The first-order valence-corrected chi connectivity index (χ1v) is 7.29. The third-order valence-electron chi connectivity index (χ3n) is 2.66. The molecule has 0 saturated carbocycles. The number of hydrazone groups is 1. The number of amides is 1. The summed E-state index contributed by atoms with van der Waals surface area (Å²) in [5.74, 6) is -0.286. The lowest BCUT2D eigenvalue weighted by molar-refractivity contribution is 0.0948. The molecule has 0 radical (unpaired) electrons. The van der Waals surface area contributed by atoms with Gasteiger partial charge in [0.1, 0.15) is 0 Å². The van der Waals surface area contributed by atoms with Gasteiger partial charge in [-0.3, -0.25) is 9.48 Å². The van der Waals surface area contributed by atoms with Crippen LogP contribution in [0.5, 0.6) is 0 Å². The molecule has 1 aromatic carbocycles. The molecule has 6 heteroatoms. The van der Waals surface area contributed by atoms with Crippen molar-refractivity contribution in [1.29, 1.82) is 0 Å². The number of carbonyl (C=O) groups is 1. The molecule has 2 rings (SSSR count). The van der Waals surface area contributed by atoms with E-state index in [1.807, 2.05) is 18.2 Å². The summed E-state index contributed by atoms with van der Waals surface area (Å²) in [6, 6.07) is 10.2. The van der Waals surface area contributed by atoms with E-state index in [2.05, 4.69) is 50.3 Å². The minimum Gasteiger partial charge on any atom is -0.274 e. The van der Waals surface area contributed by atoms with Crippen LogP contribution in [0.15, 0.2) is 41.6 Å². The minimum absolute atomic E-state index is 0.286. The molecule has 0 unspecified atom stereocenters. The molecular formula is C14H15IN4O. The average Bonchev–Trinajstić information content (AvgIpc) is 2.78. The van der Waals surface area contributed by atoms with Crippen LogP contribution in [0.3, 0.4) is 0 Å². The number of carbonyl (C=O) groups excluding carboxylic acids is 1. The number of hydrogen-bond acceptors (Lipinski definition) is 3. The second-order valence-electron chi connectivity index (χ2n) is 4.28. The van der Waals surface area contributed by atoms with E-state index in [9.17, 15) is 4.79 Å². The Morgan fingerprint density at radius 3 is 2.85 bits per heavy atom. The van der Waals surface area contributed by atoms with Gasteiger partial charge in [-0.1, -0.05) is 30.3 Å². The van der Waals surface area contributed by atoms with Crippen molar-refractivity contribution in [1.82, 2.24) is 15.2 Å². The van der Waals surface area contributed by atoms with Gasteiger partial charge in [-0.05, 0) is 41.0 Å². The Labute approximate surface area is 131 Å². The maximum absolute atomic E-state index is 11.8. The fraction of sp³-hybridized carbons (Fsp3) is 0.214. The maximum atomic E-state index is 11.8. The Morgan fingerprint density at radius 1 is 1.45 bits per heavy atom. The normalized spacial score (nSPS) is 10.9.